The monoisotopic (exact) mass is 268 g/mol. The summed E-state index contributed by atoms with van der Waals surface area (Å²) in [6.45, 7) is 0. The molecule has 2 heteroatoms. The van der Waals surface area contributed by atoms with E-state index in [1.807, 2.05) is 12.1 Å². The van der Waals surface area contributed by atoms with Crippen LogP contribution in [-0.4, -0.2) is 5.38 Å². The summed E-state index contributed by atoms with van der Waals surface area (Å²) in [5.74, 6) is 0.630. The highest BCUT2D eigenvalue weighted by molar-refractivity contribution is 6.20. The van der Waals surface area contributed by atoms with Gasteiger partial charge in [0.25, 0.3) is 0 Å². The fraction of sp³-hybridized carbons (Fsp3) is 0.625. The number of hydrogen-bond donors (Lipinski definition) is 0. The Balaban J connectivity index is 1.84. The van der Waals surface area contributed by atoms with Crippen LogP contribution in [0.15, 0.2) is 24.3 Å². The number of alkyl halides is 1. The molecule has 0 N–H and O–H groups in total. The average molecular weight is 269 g/mol. The Hall–Kier alpha value is -0.560. The molecule has 1 aliphatic carbocycles. The van der Waals surface area contributed by atoms with Gasteiger partial charge in [-0.1, -0.05) is 56.7 Å². The lowest BCUT2D eigenvalue weighted by Crippen LogP contribution is -2.11. The Kier molecular flexibility index (Phi) is 5.49. The van der Waals surface area contributed by atoms with Crippen molar-refractivity contribution in [2.75, 3.05) is 0 Å². The van der Waals surface area contributed by atoms with Crippen molar-refractivity contribution in [1.82, 2.24) is 0 Å². The van der Waals surface area contributed by atoms with E-state index in [0.29, 0.717) is 6.42 Å². The second-order valence-electron chi connectivity index (χ2n) is 5.49. The maximum absolute atomic E-state index is 13.5. The molecule has 1 aliphatic rings. The molecule has 2 rings (SSSR count). The van der Waals surface area contributed by atoms with Crippen LogP contribution < -0.4 is 0 Å². The highest BCUT2D eigenvalue weighted by atomic mass is 35.5. The van der Waals surface area contributed by atoms with Crippen LogP contribution in [0.5, 0.6) is 0 Å². The first kappa shape index (κ1) is 13.9. The van der Waals surface area contributed by atoms with Crippen LogP contribution in [0, 0.1) is 11.7 Å². The lowest BCUT2D eigenvalue weighted by molar-refractivity contribution is 0.417. The van der Waals surface area contributed by atoms with E-state index < -0.39 is 0 Å². The van der Waals surface area contributed by atoms with E-state index in [1.165, 1.54) is 44.6 Å². The van der Waals surface area contributed by atoms with Gasteiger partial charge in [-0.2, -0.15) is 0 Å². The third kappa shape index (κ3) is 4.28. The molecule has 100 valence electrons. The first-order chi connectivity index (χ1) is 8.75. The summed E-state index contributed by atoms with van der Waals surface area (Å²) >= 11 is 6.41. The Morgan fingerprint density at radius 2 is 1.78 bits per heavy atom. The summed E-state index contributed by atoms with van der Waals surface area (Å²) in [6, 6.07) is 6.98. The van der Waals surface area contributed by atoms with E-state index in [2.05, 4.69) is 0 Å². The van der Waals surface area contributed by atoms with Crippen molar-refractivity contribution in [2.45, 2.75) is 56.7 Å². The summed E-state index contributed by atoms with van der Waals surface area (Å²) < 4.78 is 13.5. The van der Waals surface area contributed by atoms with Crippen LogP contribution in [-0.2, 0) is 6.42 Å². The van der Waals surface area contributed by atoms with E-state index in [-0.39, 0.29) is 11.2 Å². The first-order valence-electron chi connectivity index (χ1n) is 7.13. The molecule has 1 aromatic rings. The Morgan fingerprint density at radius 1 is 1.11 bits per heavy atom. The molecule has 1 aromatic carbocycles. The Bertz CT molecular complexity index is 356. The first-order valence-corrected chi connectivity index (χ1v) is 7.57. The predicted octanol–water partition coefficient (Wildman–Crippen LogP) is 5.34. The van der Waals surface area contributed by atoms with Gasteiger partial charge in [-0.25, -0.2) is 4.39 Å². The minimum Gasteiger partial charge on any atom is -0.207 e. The maximum Gasteiger partial charge on any atom is 0.126 e. The second kappa shape index (κ2) is 7.13. The molecule has 1 saturated carbocycles. The van der Waals surface area contributed by atoms with Crippen LogP contribution in [0.1, 0.15) is 50.5 Å². The molecule has 1 atom stereocenters. The maximum atomic E-state index is 13.5. The zero-order valence-corrected chi connectivity index (χ0v) is 11.6. The number of rotatable bonds is 4. The minimum absolute atomic E-state index is 0.0741. The molecule has 0 spiro atoms. The quantitative estimate of drug-likeness (QED) is 0.511. The molecule has 0 aromatic heterocycles. The molecule has 1 unspecified atom stereocenters. The van der Waals surface area contributed by atoms with Crippen LogP contribution in [0.4, 0.5) is 4.39 Å². The van der Waals surface area contributed by atoms with Gasteiger partial charge >= 0.3 is 0 Å². The summed E-state index contributed by atoms with van der Waals surface area (Å²) in [4.78, 5) is 0. The fourth-order valence-corrected chi connectivity index (χ4v) is 3.37. The Morgan fingerprint density at radius 3 is 2.44 bits per heavy atom. The molecule has 0 amide bonds. The van der Waals surface area contributed by atoms with Crippen molar-refractivity contribution in [3.05, 3.63) is 35.6 Å². The largest absolute Gasteiger partial charge is 0.207 e. The van der Waals surface area contributed by atoms with Crippen molar-refractivity contribution in [2.24, 2.45) is 5.92 Å². The highest BCUT2D eigenvalue weighted by Gasteiger charge is 2.17. The number of hydrogen-bond acceptors (Lipinski definition) is 0. The van der Waals surface area contributed by atoms with Crippen LogP contribution in [0.3, 0.4) is 0 Å². The molecule has 0 heterocycles. The molecule has 18 heavy (non-hydrogen) atoms. The lowest BCUT2D eigenvalue weighted by atomic mass is 9.93. The summed E-state index contributed by atoms with van der Waals surface area (Å²) in [7, 11) is 0. The van der Waals surface area contributed by atoms with Crippen molar-refractivity contribution in [3.8, 4) is 0 Å². The standard InChI is InChI=1S/C16H22ClF/c17-15(11-13-7-3-1-2-4-8-13)12-14-9-5-6-10-16(14)18/h5-6,9-10,13,15H,1-4,7-8,11-12H2. The summed E-state index contributed by atoms with van der Waals surface area (Å²) in [5.41, 5.74) is 0.756. The second-order valence-corrected chi connectivity index (χ2v) is 6.10. The molecule has 0 aliphatic heterocycles. The van der Waals surface area contributed by atoms with Crippen molar-refractivity contribution >= 4 is 11.6 Å². The van der Waals surface area contributed by atoms with Gasteiger partial charge in [0, 0.05) is 5.38 Å². The molecule has 0 nitrogen and oxygen atoms in total. The topological polar surface area (TPSA) is 0 Å². The zero-order chi connectivity index (χ0) is 12.8. The SMILES string of the molecule is Fc1ccccc1CC(Cl)CC1CCCCCC1. The van der Waals surface area contributed by atoms with E-state index in [1.54, 1.807) is 6.07 Å². The van der Waals surface area contributed by atoms with Gasteiger partial charge in [-0.15, -0.1) is 11.6 Å². The normalized spacial score (nSPS) is 19.4. The van der Waals surface area contributed by atoms with Gasteiger partial charge < -0.3 is 0 Å². The molecule has 1 fully saturated rings. The minimum atomic E-state index is -0.121. The van der Waals surface area contributed by atoms with E-state index in [0.717, 1.165) is 17.9 Å². The molecular formula is C16H22ClF. The number of halogens is 2. The fourth-order valence-electron chi connectivity index (χ4n) is 2.95. The van der Waals surface area contributed by atoms with E-state index in [9.17, 15) is 4.39 Å². The van der Waals surface area contributed by atoms with Crippen LogP contribution >= 0.6 is 11.6 Å². The smallest absolute Gasteiger partial charge is 0.126 e. The van der Waals surface area contributed by atoms with Crippen molar-refractivity contribution in [3.63, 3.8) is 0 Å². The number of benzene rings is 1. The van der Waals surface area contributed by atoms with Gasteiger partial charge in [-0.05, 0) is 30.4 Å². The van der Waals surface area contributed by atoms with Crippen molar-refractivity contribution < 1.29 is 4.39 Å². The molecule has 0 saturated heterocycles. The summed E-state index contributed by atoms with van der Waals surface area (Å²) in [6.07, 6.45) is 9.73. The van der Waals surface area contributed by atoms with Gasteiger partial charge in [0.2, 0.25) is 0 Å². The third-order valence-electron chi connectivity index (χ3n) is 3.96. The van der Waals surface area contributed by atoms with E-state index >= 15 is 0 Å². The zero-order valence-electron chi connectivity index (χ0n) is 10.9. The highest BCUT2D eigenvalue weighted by Crippen LogP contribution is 2.29. The average Bonchev–Trinajstić information content (AvgIpc) is 2.61. The van der Waals surface area contributed by atoms with Crippen LogP contribution in [0.25, 0.3) is 0 Å². The Labute approximate surface area is 115 Å². The van der Waals surface area contributed by atoms with Gasteiger partial charge in [-0.3, -0.25) is 0 Å². The third-order valence-corrected chi connectivity index (χ3v) is 4.30. The molecule has 0 radical (unpaired) electrons. The van der Waals surface area contributed by atoms with Gasteiger partial charge in [0.05, 0.1) is 0 Å². The molecular weight excluding hydrogens is 247 g/mol. The van der Waals surface area contributed by atoms with Crippen molar-refractivity contribution in [1.29, 1.82) is 0 Å². The van der Waals surface area contributed by atoms with E-state index in [4.69, 9.17) is 11.6 Å². The van der Waals surface area contributed by atoms with Gasteiger partial charge in [0.15, 0.2) is 0 Å². The summed E-state index contributed by atoms with van der Waals surface area (Å²) in [5, 5.41) is 0.0741. The lowest BCUT2D eigenvalue weighted by Gasteiger charge is -2.18. The molecule has 0 bridgehead atoms. The van der Waals surface area contributed by atoms with Crippen LogP contribution in [0.2, 0.25) is 0 Å². The van der Waals surface area contributed by atoms with Gasteiger partial charge in [0.1, 0.15) is 5.82 Å². The predicted molar refractivity (Wildman–Crippen MR) is 75.6 cm³/mol.